The minimum atomic E-state index is -0.781. The fourth-order valence-electron chi connectivity index (χ4n) is 0.884. The number of benzene rings is 1. The summed E-state index contributed by atoms with van der Waals surface area (Å²) in [4.78, 5) is 10.5. The SMILES string of the molecule is C[C@@H](C(=O)O)c1ccccc1. The Balaban J connectivity index is 2.85. The molecule has 1 N–H and O–H groups in total. The molecule has 0 saturated carbocycles. The van der Waals surface area contributed by atoms with E-state index in [0.717, 1.165) is 5.56 Å². The Hall–Kier alpha value is -1.31. The molecule has 2 heteroatoms. The van der Waals surface area contributed by atoms with Crippen LogP contribution in [0.25, 0.3) is 0 Å². The van der Waals surface area contributed by atoms with Crippen molar-refractivity contribution >= 4 is 5.97 Å². The molecule has 0 aromatic heterocycles. The van der Waals surface area contributed by atoms with Crippen molar-refractivity contribution in [2.45, 2.75) is 12.8 Å². The first-order valence-electron chi connectivity index (χ1n) is 3.49. The molecule has 1 aromatic carbocycles. The molecule has 58 valence electrons. The van der Waals surface area contributed by atoms with Crippen LogP contribution in [0.15, 0.2) is 30.3 Å². The fourth-order valence-corrected chi connectivity index (χ4v) is 0.884. The van der Waals surface area contributed by atoms with Crippen molar-refractivity contribution in [3.05, 3.63) is 35.9 Å². The van der Waals surface area contributed by atoms with Gasteiger partial charge in [-0.3, -0.25) is 4.79 Å². The summed E-state index contributed by atoms with van der Waals surface area (Å²) in [6.45, 7) is 1.68. The zero-order valence-corrected chi connectivity index (χ0v) is 6.32. The van der Waals surface area contributed by atoms with Crippen molar-refractivity contribution in [1.29, 1.82) is 0 Å². The summed E-state index contributed by atoms with van der Waals surface area (Å²) in [6, 6.07) is 9.19. The molecule has 0 aliphatic heterocycles. The van der Waals surface area contributed by atoms with Gasteiger partial charge in [0.25, 0.3) is 0 Å². The molecule has 1 aromatic rings. The summed E-state index contributed by atoms with van der Waals surface area (Å²) in [5.41, 5.74) is 0.847. The summed E-state index contributed by atoms with van der Waals surface area (Å²) in [7, 11) is 0. The van der Waals surface area contributed by atoms with Gasteiger partial charge in [-0.2, -0.15) is 0 Å². The lowest BCUT2D eigenvalue weighted by atomic mass is 10.0. The van der Waals surface area contributed by atoms with Gasteiger partial charge in [-0.25, -0.2) is 0 Å². The molecule has 0 aliphatic rings. The number of aliphatic carboxylic acids is 1. The molecular formula is C9H10O2. The Kier molecular flexibility index (Phi) is 2.26. The number of hydrogen-bond donors (Lipinski definition) is 1. The van der Waals surface area contributed by atoms with Crippen molar-refractivity contribution in [3.63, 3.8) is 0 Å². The Labute approximate surface area is 65.5 Å². The monoisotopic (exact) mass is 150 g/mol. The van der Waals surface area contributed by atoms with Crippen LogP contribution in [-0.2, 0) is 4.79 Å². The summed E-state index contributed by atoms with van der Waals surface area (Å²) in [6.07, 6.45) is 0. The molecule has 0 amide bonds. The second-order valence-electron chi connectivity index (χ2n) is 2.47. The van der Waals surface area contributed by atoms with Crippen LogP contribution < -0.4 is 0 Å². The third-order valence-corrected chi connectivity index (χ3v) is 1.67. The first kappa shape index (κ1) is 7.79. The lowest BCUT2D eigenvalue weighted by Crippen LogP contribution is -2.06. The average Bonchev–Trinajstić information content (AvgIpc) is 2.05. The molecule has 0 fully saturated rings. The van der Waals surface area contributed by atoms with Crippen LogP contribution in [0.3, 0.4) is 0 Å². The summed E-state index contributed by atoms with van der Waals surface area (Å²) in [5.74, 6) is -1.19. The van der Waals surface area contributed by atoms with Crippen molar-refractivity contribution < 1.29 is 9.90 Å². The maximum absolute atomic E-state index is 10.5. The van der Waals surface area contributed by atoms with E-state index in [9.17, 15) is 4.79 Å². The molecule has 0 saturated heterocycles. The number of hydrogen-bond acceptors (Lipinski definition) is 1. The van der Waals surface area contributed by atoms with Crippen molar-refractivity contribution in [2.24, 2.45) is 0 Å². The van der Waals surface area contributed by atoms with Gasteiger partial charge in [0.2, 0.25) is 0 Å². The normalized spacial score (nSPS) is 12.5. The van der Waals surface area contributed by atoms with Gasteiger partial charge in [-0.05, 0) is 12.5 Å². The van der Waals surface area contributed by atoms with Gasteiger partial charge in [0.15, 0.2) is 0 Å². The van der Waals surface area contributed by atoms with E-state index in [1.165, 1.54) is 0 Å². The molecule has 0 aliphatic carbocycles. The maximum Gasteiger partial charge on any atom is 0.310 e. The number of carboxylic acid groups (broad SMARTS) is 1. The predicted molar refractivity (Wildman–Crippen MR) is 42.5 cm³/mol. The average molecular weight is 150 g/mol. The van der Waals surface area contributed by atoms with Gasteiger partial charge >= 0.3 is 5.97 Å². The van der Waals surface area contributed by atoms with Gasteiger partial charge in [0, 0.05) is 0 Å². The lowest BCUT2D eigenvalue weighted by molar-refractivity contribution is -0.138. The number of rotatable bonds is 2. The predicted octanol–water partition coefficient (Wildman–Crippen LogP) is 1.87. The zero-order chi connectivity index (χ0) is 8.27. The van der Waals surface area contributed by atoms with Crippen molar-refractivity contribution in [2.75, 3.05) is 0 Å². The Bertz CT molecular complexity index is 241. The largest absolute Gasteiger partial charge is 0.481 e. The number of carboxylic acids is 1. The van der Waals surface area contributed by atoms with Gasteiger partial charge in [0.05, 0.1) is 5.92 Å². The van der Waals surface area contributed by atoms with Gasteiger partial charge in [0.1, 0.15) is 0 Å². The minimum Gasteiger partial charge on any atom is -0.481 e. The van der Waals surface area contributed by atoms with Crippen LogP contribution in [-0.4, -0.2) is 11.1 Å². The maximum atomic E-state index is 10.5. The Morgan fingerprint density at radius 2 is 1.91 bits per heavy atom. The second kappa shape index (κ2) is 3.19. The first-order chi connectivity index (χ1) is 5.22. The van der Waals surface area contributed by atoms with Crippen LogP contribution >= 0.6 is 0 Å². The highest BCUT2D eigenvalue weighted by atomic mass is 16.4. The molecule has 1 rings (SSSR count). The smallest absolute Gasteiger partial charge is 0.310 e. The summed E-state index contributed by atoms with van der Waals surface area (Å²) >= 11 is 0. The molecule has 0 bridgehead atoms. The van der Waals surface area contributed by atoms with E-state index < -0.39 is 11.9 Å². The standard InChI is InChI=1S/C9H10O2/c1-7(9(10)11)8-5-3-2-4-6-8/h2-7H,1H3,(H,10,11)/t7-/m1/s1. The molecular weight excluding hydrogens is 140 g/mol. The number of carbonyl (C=O) groups is 1. The van der Waals surface area contributed by atoms with Gasteiger partial charge < -0.3 is 5.11 Å². The first-order valence-corrected chi connectivity index (χ1v) is 3.49. The van der Waals surface area contributed by atoms with Crippen LogP contribution in [0.2, 0.25) is 0 Å². The van der Waals surface area contributed by atoms with E-state index in [1.54, 1.807) is 6.92 Å². The highest BCUT2D eigenvalue weighted by Crippen LogP contribution is 2.13. The van der Waals surface area contributed by atoms with Crippen LogP contribution in [0.4, 0.5) is 0 Å². The van der Waals surface area contributed by atoms with E-state index >= 15 is 0 Å². The molecule has 1 atom stereocenters. The fraction of sp³-hybridized carbons (Fsp3) is 0.222. The van der Waals surface area contributed by atoms with Gasteiger partial charge in [-0.15, -0.1) is 0 Å². The zero-order valence-electron chi connectivity index (χ0n) is 6.32. The molecule has 0 radical (unpaired) electrons. The highest BCUT2D eigenvalue weighted by molar-refractivity contribution is 5.75. The minimum absolute atomic E-state index is 0.406. The topological polar surface area (TPSA) is 37.3 Å². The summed E-state index contributed by atoms with van der Waals surface area (Å²) in [5, 5.41) is 8.64. The molecule has 0 heterocycles. The lowest BCUT2D eigenvalue weighted by Gasteiger charge is -2.04. The van der Waals surface area contributed by atoms with E-state index in [0.29, 0.717) is 0 Å². The van der Waals surface area contributed by atoms with E-state index in [1.807, 2.05) is 30.3 Å². The molecule has 0 unspecified atom stereocenters. The molecule has 11 heavy (non-hydrogen) atoms. The third kappa shape index (κ3) is 1.80. The second-order valence-corrected chi connectivity index (χ2v) is 2.47. The Morgan fingerprint density at radius 1 is 1.36 bits per heavy atom. The van der Waals surface area contributed by atoms with Crippen LogP contribution in [0.1, 0.15) is 18.4 Å². The quantitative estimate of drug-likeness (QED) is 0.698. The van der Waals surface area contributed by atoms with Crippen LogP contribution in [0, 0.1) is 0 Å². The van der Waals surface area contributed by atoms with E-state index in [2.05, 4.69) is 0 Å². The van der Waals surface area contributed by atoms with E-state index in [-0.39, 0.29) is 0 Å². The van der Waals surface area contributed by atoms with Crippen molar-refractivity contribution in [3.8, 4) is 0 Å². The summed E-state index contributed by atoms with van der Waals surface area (Å²) < 4.78 is 0. The van der Waals surface area contributed by atoms with E-state index in [4.69, 9.17) is 5.11 Å². The van der Waals surface area contributed by atoms with Crippen LogP contribution in [0.5, 0.6) is 0 Å². The highest BCUT2D eigenvalue weighted by Gasteiger charge is 2.11. The van der Waals surface area contributed by atoms with Gasteiger partial charge in [-0.1, -0.05) is 30.3 Å². The Morgan fingerprint density at radius 3 is 2.36 bits per heavy atom. The molecule has 2 nitrogen and oxygen atoms in total. The van der Waals surface area contributed by atoms with Crippen molar-refractivity contribution in [1.82, 2.24) is 0 Å². The third-order valence-electron chi connectivity index (χ3n) is 1.67. The molecule has 0 spiro atoms.